The Balaban J connectivity index is 2.11. The van der Waals surface area contributed by atoms with Crippen LogP contribution in [0.3, 0.4) is 0 Å². The highest BCUT2D eigenvalue weighted by Gasteiger charge is 2.17. The summed E-state index contributed by atoms with van der Waals surface area (Å²) in [6.07, 6.45) is 1.63. The third-order valence-corrected chi connectivity index (χ3v) is 4.95. The molecule has 0 bridgehead atoms. The van der Waals surface area contributed by atoms with Gasteiger partial charge in [-0.05, 0) is 18.2 Å². The minimum atomic E-state index is -0.440. The molecule has 138 valence electrons. The number of hydrogen-bond acceptors (Lipinski definition) is 5. The Hall–Kier alpha value is -2.84. The normalized spacial score (nSPS) is 10.6. The Morgan fingerprint density at radius 3 is 2.78 bits per heavy atom. The number of amides is 1. The predicted octanol–water partition coefficient (Wildman–Crippen LogP) is 3.94. The summed E-state index contributed by atoms with van der Waals surface area (Å²) in [4.78, 5) is 26.7. The quantitative estimate of drug-likeness (QED) is 0.383. The van der Waals surface area contributed by atoms with Crippen molar-refractivity contribution in [3.63, 3.8) is 0 Å². The SMILES string of the molecule is CNC(=O)CSc1ncc(-c2cccc([N+](=O)[O-])c2)n1-c1cccc(Cl)c1. The zero-order chi connectivity index (χ0) is 19.4. The van der Waals surface area contributed by atoms with Crippen LogP contribution >= 0.6 is 23.4 Å². The van der Waals surface area contributed by atoms with Crippen molar-refractivity contribution < 1.29 is 9.72 Å². The number of carbonyl (C=O) groups is 1. The highest BCUT2D eigenvalue weighted by Crippen LogP contribution is 2.32. The van der Waals surface area contributed by atoms with E-state index in [0.29, 0.717) is 21.4 Å². The molecule has 0 radical (unpaired) electrons. The number of thioether (sulfide) groups is 1. The van der Waals surface area contributed by atoms with E-state index in [-0.39, 0.29) is 17.3 Å². The summed E-state index contributed by atoms with van der Waals surface area (Å²) in [6.45, 7) is 0. The summed E-state index contributed by atoms with van der Waals surface area (Å²) >= 11 is 7.40. The molecule has 0 aliphatic rings. The van der Waals surface area contributed by atoms with E-state index in [1.165, 1.54) is 23.9 Å². The van der Waals surface area contributed by atoms with Crippen LogP contribution in [0, 0.1) is 10.1 Å². The Morgan fingerprint density at radius 2 is 2.07 bits per heavy atom. The van der Waals surface area contributed by atoms with Crippen LogP contribution in [-0.2, 0) is 4.79 Å². The Kier molecular flexibility index (Phi) is 5.78. The second-order valence-corrected chi connectivity index (χ2v) is 6.89. The lowest BCUT2D eigenvalue weighted by Gasteiger charge is -2.12. The van der Waals surface area contributed by atoms with Gasteiger partial charge in [0.05, 0.1) is 22.6 Å². The summed E-state index contributed by atoms with van der Waals surface area (Å²) in [5.41, 5.74) is 2.05. The van der Waals surface area contributed by atoms with Crippen molar-refractivity contribution in [2.75, 3.05) is 12.8 Å². The second kappa shape index (κ2) is 8.24. The molecule has 0 spiro atoms. The molecule has 0 aliphatic carbocycles. The number of nitrogens with one attached hydrogen (secondary N) is 1. The number of rotatable bonds is 6. The van der Waals surface area contributed by atoms with Gasteiger partial charge in [-0.2, -0.15) is 0 Å². The van der Waals surface area contributed by atoms with Gasteiger partial charge in [-0.1, -0.05) is 41.6 Å². The summed E-state index contributed by atoms with van der Waals surface area (Å²) in [6, 6.07) is 13.5. The Bertz CT molecular complexity index is 1010. The number of nitrogens with zero attached hydrogens (tertiary/aromatic N) is 3. The number of halogens is 1. The van der Waals surface area contributed by atoms with Crippen molar-refractivity contribution in [2.24, 2.45) is 0 Å². The van der Waals surface area contributed by atoms with Gasteiger partial charge in [-0.15, -0.1) is 0 Å². The molecule has 2 aromatic carbocycles. The monoisotopic (exact) mass is 402 g/mol. The number of benzene rings is 2. The van der Waals surface area contributed by atoms with Crippen LogP contribution < -0.4 is 5.32 Å². The number of carbonyl (C=O) groups excluding carboxylic acids is 1. The highest BCUT2D eigenvalue weighted by molar-refractivity contribution is 7.99. The Morgan fingerprint density at radius 1 is 1.30 bits per heavy atom. The minimum absolute atomic E-state index is 0.00842. The van der Waals surface area contributed by atoms with Gasteiger partial charge in [0.1, 0.15) is 0 Å². The van der Waals surface area contributed by atoms with Crippen LogP contribution in [0.1, 0.15) is 0 Å². The first kappa shape index (κ1) is 18.9. The van der Waals surface area contributed by atoms with E-state index in [0.717, 1.165) is 5.69 Å². The van der Waals surface area contributed by atoms with Crippen molar-refractivity contribution in [1.82, 2.24) is 14.9 Å². The zero-order valence-corrected chi connectivity index (χ0v) is 15.8. The molecule has 9 heteroatoms. The lowest BCUT2D eigenvalue weighted by atomic mass is 10.1. The molecular formula is C18H15ClN4O3S. The summed E-state index contributed by atoms with van der Waals surface area (Å²) < 4.78 is 1.83. The molecule has 0 aliphatic heterocycles. The largest absolute Gasteiger partial charge is 0.358 e. The van der Waals surface area contributed by atoms with E-state index in [1.54, 1.807) is 37.5 Å². The number of nitro groups is 1. The predicted molar refractivity (Wildman–Crippen MR) is 105 cm³/mol. The van der Waals surface area contributed by atoms with Gasteiger partial charge in [-0.3, -0.25) is 19.5 Å². The van der Waals surface area contributed by atoms with Gasteiger partial charge in [0.15, 0.2) is 5.16 Å². The number of aromatic nitrogens is 2. The van der Waals surface area contributed by atoms with Gasteiger partial charge in [0.25, 0.3) is 5.69 Å². The molecule has 0 unspecified atom stereocenters. The molecule has 0 saturated carbocycles. The van der Waals surface area contributed by atoms with Crippen molar-refractivity contribution in [1.29, 1.82) is 0 Å². The standard InChI is InChI=1S/C18H15ClN4O3S/c1-20-17(24)11-27-18-21-10-16(12-4-2-7-15(8-12)23(25)26)22(18)14-6-3-5-13(19)9-14/h2-10H,11H2,1H3,(H,20,24). The van der Waals surface area contributed by atoms with Crippen LogP contribution in [0.4, 0.5) is 5.69 Å². The van der Waals surface area contributed by atoms with Gasteiger partial charge in [0, 0.05) is 35.5 Å². The Labute approximate surface area is 164 Å². The van der Waals surface area contributed by atoms with Crippen LogP contribution in [-0.4, -0.2) is 33.2 Å². The van der Waals surface area contributed by atoms with Crippen molar-refractivity contribution in [3.05, 3.63) is 69.9 Å². The maximum absolute atomic E-state index is 11.6. The van der Waals surface area contributed by atoms with E-state index in [4.69, 9.17) is 11.6 Å². The van der Waals surface area contributed by atoms with Crippen LogP contribution in [0.2, 0.25) is 5.02 Å². The third-order valence-electron chi connectivity index (χ3n) is 3.76. The van der Waals surface area contributed by atoms with Gasteiger partial charge < -0.3 is 5.32 Å². The molecule has 1 N–H and O–H groups in total. The molecular weight excluding hydrogens is 388 g/mol. The maximum atomic E-state index is 11.6. The topological polar surface area (TPSA) is 90.1 Å². The average molecular weight is 403 g/mol. The molecule has 3 rings (SSSR count). The first-order valence-electron chi connectivity index (χ1n) is 7.91. The molecule has 1 aromatic heterocycles. The molecule has 1 heterocycles. The van der Waals surface area contributed by atoms with Gasteiger partial charge in [0.2, 0.25) is 5.91 Å². The first-order chi connectivity index (χ1) is 13.0. The van der Waals surface area contributed by atoms with Crippen LogP contribution in [0.25, 0.3) is 16.9 Å². The lowest BCUT2D eigenvalue weighted by molar-refractivity contribution is -0.384. The molecule has 3 aromatic rings. The van der Waals surface area contributed by atoms with Crippen molar-refractivity contribution in [3.8, 4) is 16.9 Å². The zero-order valence-electron chi connectivity index (χ0n) is 14.3. The molecule has 1 amide bonds. The molecule has 0 atom stereocenters. The second-order valence-electron chi connectivity index (χ2n) is 5.51. The van der Waals surface area contributed by atoms with Gasteiger partial charge >= 0.3 is 0 Å². The average Bonchev–Trinajstić information content (AvgIpc) is 3.10. The van der Waals surface area contributed by atoms with E-state index < -0.39 is 4.92 Å². The number of nitro benzene ring substituents is 1. The number of hydrogen-bond donors (Lipinski definition) is 1. The summed E-state index contributed by atoms with van der Waals surface area (Å²) in [5, 5.41) is 14.8. The smallest absolute Gasteiger partial charge is 0.270 e. The van der Waals surface area contributed by atoms with E-state index in [1.807, 2.05) is 16.7 Å². The van der Waals surface area contributed by atoms with Crippen molar-refractivity contribution in [2.45, 2.75) is 5.16 Å². The molecule has 7 nitrogen and oxygen atoms in total. The third kappa shape index (κ3) is 4.29. The fraction of sp³-hybridized carbons (Fsp3) is 0.111. The summed E-state index contributed by atoms with van der Waals surface area (Å²) in [7, 11) is 1.57. The van der Waals surface area contributed by atoms with Crippen LogP contribution in [0.15, 0.2) is 59.9 Å². The number of imidazole rings is 1. The van der Waals surface area contributed by atoms with E-state index in [2.05, 4.69) is 10.3 Å². The lowest BCUT2D eigenvalue weighted by Crippen LogP contribution is -2.20. The maximum Gasteiger partial charge on any atom is 0.270 e. The van der Waals surface area contributed by atoms with Gasteiger partial charge in [-0.25, -0.2) is 4.98 Å². The van der Waals surface area contributed by atoms with Crippen LogP contribution in [0.5, 0.6) is 0 Å². The highest BCUT2D eigenvalue weighted by atomic mass is 35.5. The number of non-ortho nitro benzene ring substituents is 1. The fourth-order valence-electron chi connectivity index (χ4n) is 2.49. The van der Waals surface area contributed by atoms with E-state index >= 15 is 0 Å². The van der Waals surface area contributed by atoms with E-state index in [9.17, 15) is 14.9 Å². The van der Waals surface area contributed by atoms with Crippen molar-refractivity contribution >= 4 is 35.0 Å². The summed E-state index contributed by atoms with van der Waals surface area (Å²) in [5.74, 6) is 0.0696. The first-order valence-corrected chi connectivity index (χ1v) is 9.28. The molecule has 27 heavy (non-hydrogen) atoms. The molecule has 0 saturated heterocycles. The minimum Gasteiger partial charge on any atom is -0.358 e. The fourth-order valence-corrected chi connectivity index (χ4v) is 3.54. The molecule has 0 fully saturated rings.